The number of halogens is 1. The SMILES string of the molecule is CC(=O)Nc1nc2cc(C(=O)O)cc(Br)c2n1C. The first-order valence-corrected chi connectivity index (χ1v) is 5.86. The molecule has 0 unspecified atom stereocenters. The first-order chi connectivity index (χ1) is 8.40. The van der Waals surface area contributed by atoms with Crippen LogP contribution in [0.15, 0.2) is 16.6 Å². The summed E-state index contributed by atoms with van der Waals surface area (Å²) in [6, 6.07) is 2.97. The molecule has 0 fully saturated rings. The van der Waals surface area contributed by atoms with Crippen molar-refractivity contribution in [2.75, 3.05) is 5.32 Å². The van der Waals surface area contributed by atoms with E-state index < -0.39 is 5.97 Å². The second kappa shape index (κ2) is 4.41. The number of carbonyl (C=O) groups excluding carboxylic acids is 1. The van der Waals surface area contributed by atoms with Gasteiger partial charge in [0.2, 0.25) is 11.9 Å². The number of aryl methyl sites for hydroxylation is 1. The highest BCUT2D eigenvalue weighted by Gasteiger charge is 2.15. The zero-order valence-corrected chi connectivity index (χ0v) is 11.3. The second-order valence-electron chi connectivity index (χ2n) is 3.81. The zero-order valence-electron chi connectivity index (χ0n) is 9.69. The Morgan fingerprint density at radius 2 is 2.11 bits per heavy atom. The molecule has 1 aromatic heterocycles. The molecule has 0 aliphatic rings. The zero-order chi connectivity index (χ0) is 13.4. The molecule has 0 aliphatic heterocycles. The lowest BCUT2D eigenvalue weighted by Gasteiger charge is -2.03. The third-order valence-electron chi connectivity index (χ3n) is 2.46. The quantitative estimate of drug-likeness (QED) is 0.888. The van der Waals surface area contributed by atoms with Crippen molar-refractivity contribution in [3.8, 4) is 0 Å². The molecule has 18 heavy (non-hydrogen) atoms. The van der Waals surface area contributed by atoms with Crippen molar-refractivity contribution in [1.29, 1.82) is 0 Å². The molecule has 0 bridgehead atoms. The summed E-state index contributed by atoms with van der Waals surface area (Å²) in [6.07, 6.45) is 0. The first-order valence-electron chi connectivity index (χ1n) is 5.07. The van der Waals surface area contributed by atoms with Gasteiger partial charge in [-0.15, -0.1) is 0 Å². The standard InChI is InChI=1S/C11H10BrN3O3/c1-5(16)13-11-14-8-4-6(10(17)18)3-7(12)9(8)15(11)2/h3-4H,1-2H3,(H,17,18)(H,13,14,16). The predicted octanol–water partition coefficient (Wildman–Crippen LogP) is 1.99. The molecule has 0 aliphatic carbocycles. The lowest BCUT2D eigenvalue weighted by atomic mass is 10.2. The molecule has 2 aromatic rings. The van der Waals surface area contributed by atoms with Gasteiger partial charge in [-0.3, -0.25) is 10.1 Å². The molecule has 2 N–H and O–H groups in total. The third-order valence-corrected chi connectivity index (χ3v) is 3.06. The Balaban J connectivity index is 2.68. The average Bonchev–Trinajstić information content (AvgIpc) is 2.55. The highest BCUT2D eigenvalue weighted by molar-refractivity contribution is 9.10. The maximum Gasteiger partial charge on any atom is 0.335 e. The van der Waals surface area contributed by atoms with Crippen LogP contribution < -0.4 is 5.32 Å². The normalized spacial score (nSPS) is 10.6. The molecule has 0 radical (unpaired) electrons. The van der Waals surface area contributed by atoms with Crippen LogP contribution in [-0.4, -0.2) is 26.5 Å². The van der Waals surface area contributed by atoms with E-state index in [9.17, 15) is 9.59 Å². The number of carboxylic acids is 1. The van der Waals surface area contributed by atoms with Gasteiger partial charge in [-0.25, -0.2) is 9.78 Å². The van der Waals surface area contributed by atoms with E-state index in [1.54, 1.807) is 11.6 Å². The van der Waals surface area contributed by atoms with Gasteiger partial charge in [0.25, 0.3) is 0 Å². The molecule has 6 nitrogen and oxygen atoms in total. The molecule has 7 heteroatoms. The smallest absolute Gasteiger partial charge is 0.335 e. The minimum atomic E-state index is -1.02. The number of carbonyl (C=O) groups is 2. The monoisotopic (exact) mass is 311 g/mol. The van der Waals surface area contributed by atoms with Crippen LogP contribution in [0, 0.1) is 0 Å². The van der Waals surface area contributed by atoms with Crippen LogP contribution in [0.3, 0.4) is 0 Å². The highest BCUT2D eigenvalue weighted by atomic mass is 79.9. The molecular weight excluding hydrogens is 302 g/mol. The third kappa shape index (κ3) is 2.08. The molecule has 1 amide bonds. The lowest BCUT2D eigenvalue weighted by Crippen LogP contribution is -2.10. The Morgan fingerprint density at radius 3 is 2.67 bits per heavy atom. The largest absolute Gasteiger partial charge is 0.478 e. The molecule has 94 valence electrons. The number of anilines is 1. The minimum absolute atomic E-state index is 0.141. The number of amides is 1. The fourth-order valence-corrected chi connectivity index (χ4v) is 2.41. The molecule has 0 saturated carbocycles. The molecule has 1 heterocycles. The maximum absolute atomic E-state index is 11.0. The number of hydrogen-bond donors (Lipinski definition) is 2. The van der Waals surface area contributed by atoms with Crippen molar-refractivity contribution in [2.45, 2.75) is 6.92 Å². The number of nitrogens with one attached hydrogen (secondary N) is 1. The Bertz CT molecular complexity index is 663. The van der Waals surface area contributed by atoms with Crippen molar-refractivity contribution in [3.63, 3.8) is 0 Å². The number of aromatic carboxylic acids is 1. The van der Waals surface area contributed by atoms with Crippen molar-refractivity contribution in [2.24, 2.45) is 7.05 Å². The van der Waals surface area contributed by atoms with E-state index >= 15 is 0 Å². The molecular formula is C11H10BrN3O3. The lowest BCUT2D eigenvalue weighted by molar-refractivity contribution is -0.114. The summed E-state index contributed by atoms with van der Waals surface area (Å²) in [4.78, 5) is 26.2. The number of carboxylic acid groups (broad SMARTS) is 1. The first kappa shape index (κ1) is 12.6. The summed E-state index contributed by atoms with van der Waals surface area (Å²) in [5.74, 6) is -0.881. The molecule has 0 spiro atoms. The van der Waals surface area contributed by atoms with Crippen molar-refractivity contribution < 1.29 is 14.7 Å². The number of imidazole rings is 1. The Kier molecular flexibility index (Phi) is 3.08. The predicted molar refractivity (Wildman–Crippen MR) is 69.7 cm³/mol. The van der Waals surface area contributed by atoms with Gasteiger partial charge in [0, 0.05) is 18.4 Å². The molecule has 1 aromatic carbocycles. The van der Waals surface area contributed by atoms with Crippen molar-refractivity contribution in [3.05, 3.63) is 22.2 Å². The van der Waals surface area contributed by atoms with Crippen LogP contribution in [-0.2, 0) is 11.8 Å². The molecule has 0 saturated heterocycles. The van der Waals surface area contributed by atoms with Gasteiger partial charge in [-0.2, -0.15) is 0 Å². The summed E-state index contributed by atoms with van der Waals surface area (Å²) in [6.45, 7) is 1.39. The minimum Gasteiger partial charge on any atom is -0.478 e. The van der Waals surface area contributed by atoms with E-state index in [1.807, 2.05) is 0 Å². The van der Waals surface area contributed by atoms with Crippen molar-refractivity contribution in [1.82, 2.24) is 9.55 Å². The summed E-state index contributed by atoms with van der Waals surface area (Å²) < 4.78 is 2.30. The van der Waals surface area contributed by atoms with Gasteiger partial charge in [-0.1, -0.05) is 0 Å². The fraction of sp³-hybridized carbons (Fsp3) is 0.182. The van der Waals surface area contributed by atoms with Gasteiger partial charge in [0.15, 0.2) is 0 Å². The van der Waals surface area contributed by atoms with E-state index in [2.05, 4.69) is 26.2 Å². The average molecular weight is 312 g/mol. The summed E-state index contributed by atoms with van der Waals surface area (Å²) >= 11 is 3.31. The van der Waals surface area contributed by atoms with Crippen LogP contribution in [0.4, 0.5) is 5.95 Å². The van der Waals surface area contributed by atoms with Crippen molar-refractivity contribution >= 4 is 44.8 Å². The van der Waals surface area contributed by atoms with E-state index in [0.717, 1.165) is 5.52 Å². The molecule has 0 atom stereocenters. The van der Waals surface area contributed by atoms with Crippen LogP contribution >= 0.6 is 15.9 Å². The van der Waals surface area contributed by atoms with Crippen LogP contribution in [0.5, 0.6) is 0 Å². The van der Waals surface area contributed by atoms with Gasteiger partial charge in [0.1, 0.15) is 0 Å². The van der Waals surface area contributed by atoms with Crippen LogP contribution in [0.1, 0.15) is 17.3 Å². The summed E-state index contributed by atoms with van der Waals surface area (Å²) in [7, 11) is 1.74. The Morgan fingerprint density at radius 1 is 1.44 bits per heavy atom. The number of benzene rings is 1. The molecule has 2 rings (SSSR count). The van der Waals surface area contributed by atoms with Crippen LogP contribution in [0.2, 0.25) is 0 Å². The number of hydrogen-bond acceptors (Lipinski definition) is 3. The number of rotatable bonds is 2. The van der Waals surface area contributed by atoms with Gasteiger partial charge in [-0.05, 0) is 28.1 Å². The van der Waals surface area contributed by atoms with Gasteiger partial charge >= 0.3 is 5.97 Å². The van der Waals surface area contributed by atoms with Gasteiger partial charge in [0.05, 0.1) is 16.6 Å². The highest BCUT2D eigenvalue weighted by Crippen LogP contribution is 2.28. The summed E-state index contributed by atoms with van der Waals surface area (Å²) in [5.41, 5.74) is 1.37. The van der Waals surface area contributed by atoms with E-state index in [4.69, 9.17) is 5.11 Å². The topological polar surface area (TPSA) is 84.2 Å². The second-order valence-corrected chi connectivity index (χ2v) is 4.66. The number of aromatic nitrogens is 2. The van der Waals surface area contributed by atoms with E-state index in [0.29, 0.717) is 15.9 Å². The van der Waals surface area contributed by atoms with E-state index in [-0.39, 0.29) is 11.5 Å². The maximum atomic E-state index is 11.0. The Labute approximate surface area is 111 Å². The van der Waals surface area contributed by atoms with Gasteiger partial charge < -0.3 is 9.67 Å². The summed E-state index contributed by atoms with van der Waals surface area (Å²) in [5, 5.41) is 11.5. The van der Waals surface area contributed by atoms with Crippen LogP contribution in [0.25, 0.3) is 11.0 Å². The number of fused-ring (bicyclic) bond motifs is 1. The Hall–Kier alpha value is -1.89. The fourth-order valence-electron chi connectivity index (χ4n) is 1.69. The van der Waals surface area contributed by atoms with E-state index in [1.165, 1.54) is 19.1 Å². The number of nitrogens with zero attached hydrogens (tertiary/aromatic N) is 2.